The molecular formula is C26H25F3N4O5. The molecule has 2 N–H and O–H groups in total. The summed E-state index contributed by atoms with van der Waals surface area (Å²) in [6, 6.07) is 12.6. The number of ether oxygens (including phenoxy) is 2. The molecule has 2 aromatic carbocycles. The van der Waals surface area contributed by atoms with Crippen LogP contribution in [0.5, 0.6) is 5.75 Å². The summed E-state index contributed by atoms with van der Waals surface area (Å²) < 4.78 is 48.6. The van der Waals surface area contributed by atoms with Crippen molar-refractivity contribution in [2.24, 2.45) is 0 Å². The number of hydrogen-bond donors (Lipinski definition) is 2. The van der Waals surface area contributed by atoms with Crippen LogP contribution >= 0.6 is 0 Å². The Kier molecular flexibility index (Phi) is 7.99. The van der Waals surface area contributed by atoms with E-state index in [9.17, 15) is 27.6 Å². The van der Waals surface area contributed by atoms with Gasteiger partial charge in [0.1, 0.15) is 17.5 Å². The highest BCUT2D eigenvalue weighted by atomic mass is 19.4. The maximum absolute atomic E-state index is 12.7. The molecule has 1 aliphatic heterocycles. The van der Waals surface area contributed by atoms with E-state index in [4.69, 9.17) is 9.47 Å². The Labute approximate surface area is 215 Å². The lowest BCUT2D eigenvalue weighted by Gasteiger charge is -2.32. The number of H-pyrrole nitrogens is 1. The highest BCUT2D eigenvalue weighted by Crippen LogP contribution is 2.31. The lowest BCUT2D eigenvalue weighted by atomic mass is 10.1. The second-order valence-corrected chi connectivity index (χ2v) is 8.64. The number of rotatable bonds is 7. The number of carbonyl (C=O) groups excluding carboxylic acids is 3. The van der Waals surface area contributed by atoms with E-state index in [1.807, 2.05) is 0 Å². The Morgan fingerprint density at radius 3 is 2.45 bits per heavy atom. The van der Waals surface area contributed by atoms with E-state index < -0.39 is 23.6 Å². The van der Waals surface area contributed by atoms with Gasteiger partial charge in [0.15, 0.2) is 0 Å². The summed E-state index contributed by atoms with van der Waals surface area (Å²) in [5.41, 5.74) is 0.812. The van der Waals surface area contributed by atoms with Crippen molar-refractivity contribution in [2.75, 3.05) is 26.7 Å². The summed E-state index contributed by atoms with van der Waals surface area (Å²) in [7, 11) is 1.28. The topological polar surface area (TPSA) is 114 Å². The van der Waals surface area contributed by atoms with Gasteiger partial charge in [0.05, 0.1) is 30.5 Å². The molecule has 0 radical (unpaired) electrons. The Bertz CT molecular complexity index is 1300. The number of esters is 1. The van der Waals surface area contributed by atoms with E-state index in [0.717, 1.165) is 12.1 Å². The fourth-order valence-electron chi connectivity index (χ4n) is 4.01. The van der Waals surface area contributed by atoms with Crippen LogP contribution in [-0.2, 0) is 15.7 Å². The minimum atomic E-state index is -4.41. The second kappa shape index (κ2) is 11.4. The predicted octanol–water partition coefficient (Wildman–Crippen LogP) is 3.68. The van der Waals surface area contributed by atoms with Crippen molar-refractivity contribution in [3.63, 3.8) is 0 Å². The molecule has 2 amide bonds. The quantitative estimate of drug-likeness (QED) is 0.451. The molecule has 1 aromatic heterocycles. The third-order valence-electron chi connectivity index (χ3n) is 6.08. The van der Waals surface area contributed by atoms with Crippen LogP contribution in [0.4, 0.5) is 13.2 Å². The number of methoxy groups -OCH3 is 1. The molecule has 0 unspecified atom stereocenters. The van der Waals surface area contributed by atoms with Crippen LogP contribution in [0.15, 0.2) is 54.6 Å². The van der Waals surface area contributed by atoms with E-state index in [1.165, 1.54) is 25.3 Å². The molecule has 2 heterocycles. The van der Waals surface area contributed by atoms with Crippen LogP contribution < -0.4 is 10.1 Å². The standard InChI is InChI=1S/C26H25F3N4O5/c1-37-25(36)17-4-2-3-16(13-17)21-14-22(32-31-21)24(35)30-15-23(34)33-11-9-20(10-12-33)38-19-7-5-18(6-8-19)26(27,28)29/h2-8,13-14,20H,9-12,15H2,1H3,(H,30,35)(H,31,32). The monoisotopic (exact) mass is 530 g/mol. The van der Waals surface area contributed by atoms with Crippen LogP contribution in [0.25, 0.3) is 11.3 Å². The minimum absolute atomic E-state index is 0.153. The fourth-order valence-corrected chi connectivity index (χ4v) is 4.01. The van der Waals surface area contributed by atoms with E-state index >= 15 is 0 Å². The van der Waals surface area contributed by atoms with Crippen LogP contribution in [-0.4, -0.2) is 65.7 Å². The summed E-state index contributed by atoms with van der Waals surface area (Å²) >= 11 is 0. The summed E-state index contributed by atoms with van der Waals surface area (Å²) in [5, 5.41) is 9.31. The van der Waals surface area contributed by atoms with Gasteiger partial charge in [0, 0.05) is 31.5 Å². The zero-order valence-corrected chi connectivity index (χ0v) is 20.4. The number of alkyl halides is 3. The molecule has 9 nitrogen and oxygen atoms in total. The highest BCUT2D eigenvalue weighted by molar-refractivity contribution is 5.96. The van der Waals surface area contributed by atoms with E-state index in [-0.39, 0.29) is 24.2 Å². The van der Waals surface area contributed by atoms with Crippen molar-refractivity contribution in [2.45, 2.75) is 25.1 Å². The number of likely N-dealkylation sites (tertiary alicyclic amines) is 1. The number of nitrogens with zero attached hydrogens (tertiary/aromatic N) is 2. The van der Waals surface area contributed by atoms with Gasteiger partial charge in [-0.3, -0.25) is 14.7 Å². The number of halogens is 3. The predicted molar refractivity (Wildman–Crippen MR) is 129 cm³/mol. The zero-order chi connectivity index (χ0) is 27.3. The molecule has 0 spiro atoms. The molecule has 0 saturated carbocycles. The smallest absolute Gasteiger partial charge is 0.416 e. The first-order valence-electron chi connectivity index (χ1n) is 11.8. The number of piperidine rings is 1. The fraction of sp³-hybridized carbons (Fsp3) is 0.308. The Hall–Kier alpha value is -4.35. The second-order valence-electron chi connectivity index (χ2n) is 8.64. The van der Waals surface area contributed by atoms with Gasteiger partial charge in [-0.2, -0.15) is 18.3 Å². The number of carbonyl (C=O) groups is 3. The molecule has 1 fully saturated rings. The van der Waals surface area contributed by atoms with Gasteiger partial charge in [0.25, 0.3) is 5.91 Å². The van der Waals surface area contributed by atoms with Gasteiger partial charge < -0.3 is 19.7 Å². The van der Waals surface area contributed by atoms with Crippen LogP contribution in [0.2, 0.25) is 0 Å². The third-order valence-corrected chi connectivity index (χ3v) is 6.08. The summed E-state index contributed by atoms with van der Waals surface area (Å²) in [4.78, 5) is 38.4. The molecule has 4 rings (SSSR count). The number of aromatic nitrogens is 2. The lowest BCUT2D eigenvalue weighted by Crippen LogP contribution is -2.46. The average molecular weight is 531 g/mol. The maximum Gasteiger partial charge on any atom is 0.416 e. The molecule has 0 atom stereocenters. The Morgan fingerprint density at radius 1 is 1.08 bits per heavy atom. The van der Waals surface area contributed by atoms with Gasteiger partial charge in [-0.1, -0.05) is 12.1 Å². The lowest BCUT2D eigenvalue weighted by molar-refractivity contribution is -0.137. The van der Waals surface area contributed by atoms with Crippen molar-refractivity contribution in [3.8, 4) is 17.0 Å². The third kappa shape index (κ3) is 6.50. The molecule has 1 aliphatic rings. The van der Waals surface area contributed by atoms with Gasteiger partial charge in [-0.25, -0.2) is 4.79 Å². The number of benzene rings is 2. The first-order valence-corrected chi connectivity index (χ1v) is 11.8. The molecular weight excluding hydrogens is 505 g/mol. The number of amides is 2. The Morgan fingerprint density at radius 2 is 1.79 bits per heavy atom. The summed E-state index contributed by atoms with van der Waals surface area (Å²) in [6.45, 7) is 0.574. The summed E-state index contributed by atoms with van der Waals surface area (Å²) in [5.74, 6) is -0.932. The SMILES string of the molecule is COC(=O)c1cccc(-c2cc(C(=O)NCC(=O)N3CCC(Oc4ccc(C(F)(F)F)cc4)CC3)[nH]n2)c1. The van der Waals surface area contributed by atoms with Gasteiger partial charge in [0.2, 0.25) is 5.91 Å². The molecule has 38 heavy (non-hydrogen) atoms. The largest absolute Gasteiger partial charge is 0.490 e. The molecule has 12 heteroatoms. The average Bonchev–Trinajstić information content (AvgIpc) is 3.42. The molecule has 200 valence electrons. The Balaban J connectivity index is 1.24. The number of aromatic amines is 1. The summed E-state index contributed by atoms with van der Waals surface area (Å²) in [6.07, 6.45) is -3.62. The molecule has 0 bridgehead atoms. The van der Waals surface area contributed by atoms with E-state index in [1.54, 1.807) is 29.2 Å². The van der Waals surface area contributed by atoms with Crippen molar-refractivity contribution >= 4 is 17.8 Å². The van der Waals surface area contributed by atoms with Gasteiger partial charge in [-0.05, 0) is 42.5 Å². The number of nitrogens with one attached hydrogen (secondary N) is 2. The first kappa shape index (κ1) is 26.7. The molecule has 0 aliphatic carbocycles. The van der Waals surface area contributed by atoms with Crippen molar-refractivity contribution < 1.29 is 37.0 Å². The normalized spacial score (nSPS) is 14.2. The van der Waals surface area contributed by atoms with Crippen molar-refractivity contribution in [3.05, 3.63) is 71.4 Å². The van der Waals surface area contributed by atoms with Crippen molar-refractivity contribution in [1.29, 1.82) is 0 Å². The van der Waals surface area contributed by atoms with Crippen LogP contribution in [0, 0.1) is 0 Å². The van der Waals surface area contributed by atoms with E-state index in [2.05, 4.69) is 15.5 Å². The highest BCUT2D eigenvalue weighted by Gasteiger charge is 2.30. The van der Waals surface area contributed by atoms with Crippen LogP contribution in [0.1, 0.15) is 39.3 Å². The van der Waals surface area contributed by atoms with Crippen molar-refractivity contribution in [1.82, 2.24) is 20.4 Å². The zero-order valence-electron chi connectivity index (χ0n) is 20.4. The van der Waals surface area contributed by atoms with E-state index in [0.29, 0.717) is 48.5 Å². The number of hydrogen-bond acceptors (Lipinski definition) is 6. The van der Waals surface area contributed by atoms with Gasteiger partial charge >= 0.3 is 12.1 Å². The van der Waals surface area contributed by atoms with Crippen LogP contribution in [0.3, 0.4) is 0 Å². The maximum atomic E-state index is 12.7. The molecule has 3 aromatic rings. The first-order chi connectivity index (χ1) is 18.1. The molecule has 1 saturated heterocycles. The van der Waals surface area contributed by atoms with Gasteiger partial charge in [-0.15, -0.1) is 0 Å². The minimum Gasteiger partial charge on any atom is -0.490 e.